The largest absolute Gasteiger partial charge is 0.345 e. The minimum absolute atomic E-state index is 0.0175. The third-order valence-corrected chi connectivity index (χ3v) is 2.05. The van der Waals surface area contributed by atoms with Crippen LogP contribution in [0.1, 0.15) is 20.3 Å². The van der Waals surface area contributed by atoms with Gasteiger partial charge in [0.2, 0.25) is 11.8 Å². The molecule has 1 fully saturated rings. The molecule has 68 valence electrons. The molecule has 4 heteroatoms. The van der Waals surface area contributed by atoms with Gasteiger partial charge < -0.3 is 10.2 Å². The Morgan fingerprint density at radius 2 is 2.25 bits per heavy atom. The fraction of sp³-hybridized carbons (Fsp3) is 0.750. The Labute approximate surface area is 71.9 Å². The number of carbonyl (C=O) groups excluding carboxylic acids is 2. The molecular formula is C8H14N2O2. The van der Waals surface area contributed by atoms with Crippen LogP contribution in [0.2, 0.25) is 0 Å². The van der Waals surface area contributed by atoms with Gasteiger partial charge in [0.25, 0.3) is 0 Å². The van der Waals surface area contributed by atoms with E-state index < -0.39 is 0 Å². The second kappa shape index (κ2) is 3.56. The number of nitrogens with zero attached hydrogens (tertiary/aromatic N) is 1. The lowest BCUT2D eigenvalue weighted by atomic mass is 10.2. The van der Waals surface area contributed by atoms with Crippen LogP contribution >= 0.6 is 0 Å². The Hall–Kier alpha value is -1.06. The highest BCUT2D eigenvalue weighted by Gasteiger charge is 2.29. The smallest absolute Gasteiger partial charge is 0.242 e. The van der Waals surface area contributed by atoms with Gasteiger partial charge in [0, 0.05) is 6.54 Å². The molecule has 1 aliphatic heterocycles. The Bertz CT molecular complexity index is 203. The molecule has 0 spiro atoms. The van der Waals surface area contributed by atoms with Gasteiger partial charge in [-0.15, -0.1) is 0 Å². The molecule has 1 aliphatic rings. The number of rotatable bonds is 2. The van der Waals surface area contributed by atoms with Crippen LogP contribution in [0.5, 0.6) is 0 Å². The quantitative estimate of drug-likeness (QED) is 0.621. The molecule has 1 rings (SSSR count). The van der Waals surface area contributed by atoms with Crippen molar-refractivity contribution in [2.45, 2.75) is 26.3 Å². The van der Waals surface area contributed by atoms with Gasteiger partial charge in [-0.2, -0.15) is 0 Å². The molecule has 0 aromatic carbocycles. The molecule has 1 N–H and O–H groups in total. The zero-order valence-electron chi connectivity index (χ0n) is 7.46. The van der Waals surface area contributed by atoms with Gasteiger partial charge in [-0.25, -0.2) is 0 Å². The monoisotopic (exact) mass is 170 g/mol. The van der Waals surface area contributed by atoms with Crippen LogP contribution in [0.4, 0.5) is 0 Å². The van der Waals surface area contributed by atoms with Crippen molar-refractivity contribution in [3.63, 3.8) is 0 Å². The van der Waals surface area contributed by atoms with Crippen molar-refractivity contribution in [3.8, 4) is 0 Å². The van der Waals surface area contributed by atoms with Crippen molar-refractivity contribution < 1.29 is 9.59 Å². The molecule has 0 aliphatic carbocycles. The van der Waals surface area contributed by atoms with E-state index in [-0.39, 0.29) is 24.4 Å². The second-order valence-corrected chi connectivity index (χ2v) is 2.98. The van der Waals surface area contributed by atoms with Crippen molar-refractivity contribution in [3.05, 3.63) is 0 Å². The third kappa shape index (κ3) is 1.57. The summed E-state index contributed by atoms with van der Waals surface area (Å²) in [5, 5.41) is 2.54. The molecule has 12 heavy (non-hydrogen) atoms. The van der Waals surface area contributed by atoms with Crippen LogP contribution in [0, 0.1) is 0 Å². The van der Waals surface area contributed by atoms with Gasteiger partial charge in [0.15, 0.2) is 0 Å². The topological polar surface area (TPSA) is 49.4 Å². The average molecular weight is 170 g/mol. The van der Waals surface area contributed by atoms with Crippen LogP contribution < -0.4 is 5.32 Å². The number of nitrogens with one attached hydrogen (secondary N) is 1. The Kier molecular flexibility index (Phi) is 2.68. The standard InChI is InChI=1S/C8H14N2O2/c1-3-4-10-6(2)8(12)9-5-7(10)11/h6H,3-5H2,1-2H3,(H,9,12). The summed E-state index contributed by atoms with van der Waals surface area (Å²) in [6, 6.07) is -0.300. The summed E-state index contributed by atoms with van der Waals surface area (Å²) in [5.74, 6) is -0.0352. The van der Waals surface area contributed by atoms with Crippen molar-refractivity contribution in [2.75, 3.05) is 13.1 Å². The highest BCUT2D eigenvalue weighted by Crippen LogP contribution is 2.05. The van der Waals surface area contributed by atoms with Crippen molar-refractivity contribution >= 4 is 11.8 Å². The van der Waals surface area contributed by atoms with Crippen LogP contribution in [-0.4, -0.2) is 35.8 Å². The molecule has 0 aromatic rings. The summed E-state index contributed by atoms with van der Waals surface area (Å²) >= 11 is 0. The number of piperazine rings is 1. The Morgan fingerprint density at radius 1 is 1.58 bits per heavy atom. The molecule has 1 heterocycles. The highest BCUT2D eigenvalue weighted by atomic mass is 16.2. The van der Waals surface area contributed by atoms with E-state index >= 15 is 0 Å². The zero-order valence-corrected chi connectivity index (χ0v) is 7.46. The molecular weight excluding hydrogens is 156 g/mol. The third-order valence-electron chi connectivity index (χ3n) is 2.05. The van der Waals surface area contributed by atoms with Crippen molar-refractivity contribution in [2.24, 2.45) is 0 Å². The first-order valence-electron chi connectivity index (χ1n) is 4.24. The van der Waals surface area contributed by atoms with Gasteiger partial charge >= 0.3 is 0 Å². The first-order valence-corrected chi connectivity index (χ1v) is 4.24. The number of hydrogen-bond acceptors (Lipinski definition) is 2. The lowest BCUT2D eigenvalue weighted by Gasteiger charge is -2.32. The fourth-order valence-electron chi connectivity index (χ4n) is 1.33. The zero-order chi connectivity index (χ0) is 9.14. The van der Waals surface area contributed by atoms with Gasteiger partial charge in [-0.1, -0.05) is 6.92 Å². The van der Waals surface area contributed by atoms with E-state index in [4.69, 9.17) is 0 Å². The predicted octanol–water partition coefficient (Wildman–Crippen LogP) is -0.257. The van der Waals surface area contributed by atoms with E-state index in [1.54, 1.807) is 11.8 Å². The van der Waals surface area contributed by atoms with E-state index in [9.17, 15) is 9.59 Å². The summed E-state index contributed by atoms with van der Waals surface area (Å²) in [5.41, 5.74) is 0. The first kappa shape index (κ1) is 9.03. The van der Waals surface area contributed by atoms with Crippen LogP contribution in [0.25, 0.3) is 0 Å². The van der Waals surface area contributed by atoms with Crippen molar-refractivity contribution in [1.29, 1.82) is 0 Å². The summed E-state index contributed by atoms with van der Waals surface area (Å²) in [7, 11) is 0. The molecule has 4 nitrogen and oxygen atoms in total. The van der Waals surface area contributed by atoms with Gasteiger partial charge in [-0.3, -0.25) is 9.59 Å². The van der Waals surface area contributed by atoms with E-state index in [1.165, 1.54) is 0 Å². The maximum Gasteiger partial charge on any atom is 0.242 e. The number of amides is 2. The predicted molar refractivity (Wildman–Crippen MR) is 44.5 cm³/mol. The minimum atomic E-state index is -0.300. The van der Waals surface area contributed by atoms with Crippen LogP contribution in [0.3, 0.4) is 0 Å². The van der Waals surface area contributed by atoms with E-state index in [0.717, 1.165) is 6.42 Å². The van der Waals surface area contributed by atoms with E-state index in [1.807, 2.05) is 6.92 Å². The van der Waals surface area contributed by atoms with E-state index in [2.05, 4.69) is 5.32 Å². The lowest BCUT2D eigenvalue weighted by Crippen LogP contribution is -2.57. The summed E-state index contributed by atoms with van der Waals surface area (Å²) < 4.78 is 0. The number of carbonyl (C=O) groups is 2. The minimum Gasteiger partial charge on any atom is -0.345 e. The lowest BCUT2D eigenvalue weighted by molar-refractivity contribution is -0.144. The van der Waals surface area contributed by atoms with Gasteiger partial charge in [0.1, 0.15) is 6.04 Å². The van der Waals surface area contributed by atoms with Crippen molar-refractivity contribution in [1.82, 2.24) is 10.2 Å². The average Bonchev–Trinajstić information content (AvgIpc) is 2.06. The highest BCUT2D eigenvalue weighted by molar-refractivity contribution is 5.94. The molecule has 1 unspecified atom stereocenters. The molecule has 1 saturated heterocycles. The second-order valence-electron chi connectivity index (χ2n) is 2.98. The van der Waals surface area contributed by atoms with Crippen LogP contribution in [0.15, 0.2) is 0 Å². The summed E-state index contributed by atoms with van der Waals surface area (Å²) in [4.78, 5) is 24.0. The summed E-state index contributed by atoms with van der Waals surface area (Å²) in [6.45, 7) is 4.57. The Balaban J connectivity index is 2.65. The molecule has 0 radical (unpaired) electrons. The van der Waals surface area contributed by atoms with Gasteiger partial charge in [0.05, 0.1) is 6.54 Å². The molecule has 0 bridgehead atoms. The summed E-state index contributed by atoms with van der Waals surface area (Å²) in [6.07, 6.45) is 0.892. The first-order chi connectivity index (χ1) is 5.66. The Morgan fingerprint density at radius 3 is 2.83 bits per heavy atom. The van der Waals surface area contributed by atoms with E-state index in [0.29, 0.717) is 6.54 Å². The fourth-order valence-corrected chi connectivity index (χ4v) is 1.33. The maximum atomic E-state index is 11.3. The van der Waals surface area contributed by atoms with Gasteiger partial charge in [-0.05, 0) is 13.3 Å². The molecule has 2 amide bonds. The molecule has 0 aromatic heterocycles. The normalized spacial score (nSPS) is 24.2. The van der Waals surface area contributed by atoms with Crippen LogP contribution in [-0.2, 0) is 9.59 Å². The molecule has 0 saturated carbocycles. The molecule has 1 atom stereocenters. The maximum absolute atomic E-state index is 11.3. The SMILES string of the molecule is CCCN1C(=O)CNC(=O)C1C. The number of hydrogen-bond donors (Lipinski definition) is 1.